The lowest BCUT2D eigenvalue weighted by Gasteiger charge is -2.41. The van der Waals surface area contributed by atoms with E-state index in [4.69, 9.17) is 10.5 Å². The molecule has 0 aliphatic carbocycles. The molecule has 3 heterocycles. The average Bonchev–Trinajstić information content (AvgIpc) is 3.43. The highest BCUT2D eigenvalue weighted by Crippen LogP contribution is 2.33. The zero-order valence-corrected chi connectivity index (χ0v) is 19.1. The first kappa shape index (κ1) is 23.4. The molecule has 36 heavy (non-hydrogen) atoms. The van der Waals surface area contributed by atoms with Gasteiger partial charge in [0.1, 0.15) is 17.7 Å². The highest BCUT2D eigenvalue weighted by atomic mass is 19.1. The molecule has 0 spiro atoms. The van der Waals surface area contributed by atoms with Crippen LogP contribution in [0.5, 0.6) is 5.75 Å². The average molecular weight is 498 g/mol. The highest BCUT2D eigenvalue weighted by molar-refractivity contribution is 5.98. The number of ether oxygens (including phenoxy) is 1. The van der Waals surface area contributed by atoms with Crippen LogP contribution in [0, 0.1) is 17.5 Å². The summed E-state index contributed by atoms with van der Waals surface area (Å²) in [5, 5.41) is 9.29. The third-order valence-corrected chi connectivity index (χ3v) is 6.12. The van der Waals surface area contributed by atoms with Crippen molar-refractivity contribution in [1.82, 2.24) is 19.7 Å². The fraction of sp³-hybridized carbons (Fsp3) is 0.250. The maximum absolute atomic E-state index is 14.5. The zero-order valence-electron chi connectivity index (χ0n) is 19.1. The number of carbonyl (C=O) groups is 2. The molecule has 2 aliphatic rings. The number of nitrogens with two attached hydrogens (primary N) is 1. The third kappa shape index (κ3) is 4.25. The van der Waals surface area contributed by atoms with Gasteiger partial charge in [-0.25, -0.2) is 23.0 Å². The van der Waals surface area contributed by atoms with Crippen LogP contribution < -0.4 is 10.5 Å². The van der Waals surface area contributed by atoms with E-state index in [9.17, 15) is 22.8 Å². The molecule has 0 radical (unpaired) electrons. The van der Waals surface area contributed by atoms with Crippen LogP contribution in [0.1, 0.15) is 28.4 Å². The Morgan fingerprint density at radius 2 is 1.81 bits per heavy atom. The Bertz CT molecular complexity index is 1370. The summed E-state index contributed by atoms with van der Waals surface area (Å²) in [7, 11) is 1.63. The number of hydrogen-bond donors (Lipinski definition) is 1. The minimum Gasteiger partial charge on any atom is -0.484 e. The number of aromatic nitrogens is 2. The highest BCUT2D eigenvalue weighted by Gasteiger charge is 2.39. The quantitative estimate of drug-likeness (QED) is 0.583. The number of hydrazone groups is 1. The molecule has 3 amide bonds. The number of rotatable bonds is 5. The SMILES string of the molecule is Cn1ncc(C(N)=O)c1-c1ccc(F)c(OC2CN(C(=O)N3N=CCC3c3cc(F)cc(F)c3)C2)c1. The summed E-state index contributed by atoms with van der Waals surface area (Å²) >= 11 is 0. The van der Waals surface area contributed by atoms with Gasteiger partial charge in [-0.15, -0.1) is 0 Å². The first-order valence-electron chi connectivity index (χ1n) is 11.1. The normalized spacial score (nSPS) is 17.4. The lowest BCUT2D eigenvalue weighted by molar-refractivity contribution is 0.0257. The number of aryl methyl sites for hydroxylation is 1. The van der Waals surface area contributed by atoms with Gasteiger partial charge in [0, 0.05) is 31.3 Å². The molecule has 1 unspecified atom stereocenters. The van der Waals surface area contributed by atoms with Crippen LogP contribution >= 0.6 is 0 Å². The number of likely N-dealkylation sites (tertiary alicyclic amines) is 1. The number of amides is 3. The molecule has 12 heteroatoms. The number of benzene rings is 2. The third-order valence-electron chi connectivity index (χ3n) is 6.12. The standard InChI is InChI=1S/C24H21F3N6O3/c1-31-22(18(10-30-31)23(28)34)13-2-3-19(27)21(8-13)36-17-11-32(12-17)24(35)33-20(4-5-29-33)14-6-15(25)9-16(26)7-14/h2-3,5-10,17,20H,4,11-12H2,1H3,(H2,28,34). The number of primary amides is 1. The summed E-state index contributed by atoms with van der Waals surface area (Å²) in [5.74, 6) is -2.79. The number of halogens is 3. The van der Waals surface area contributed by atoms with Gasteiger partial charge < -0.3 is 15.4 Å². The van der Waals surface area contributed by atoms with Gasteiger partial charge in [0.15, 0.2) is 11.6 Å². The van der Waals surface area contributed by atoms with E-state index >= 15 is 0 Å². The van der Waals surface area contributed by atoms with Crippen LogP contribution in [0.25, 0.3) is 11.3 Å². The van der Waals surface area contributed by atoms with Crippen molar-refractivity contribution in [1.29, 1.82) is 0 Å². The minimum atomic E-state index is -0.736. The molecule has 2 aliphatic heterocycles. The number of hydrogen-bond acceptors (Lipinski definition) is 5. The van der Waals surface area contributed by atoms with Gasteiger partial charge in [0.25, 0.3) is 5.91 Å². The number of carbonyl (C=O) groups excluding carboxylic acids is 2. The van der Waals surface area contributed by atoms with Gasteiger partial charge in [-0.1, -0.05) is 0 Å². The number of nitrogens with zero attached hydrogens (tertiary/aromatic N) is 5. The molecule has 0 saturated carbocycles. The topological polar surface area (TPSA) is 106 Å². The lowest BCUT2D eigenvalue weighted by Crippen LogP contribution is -2.58. The Morgan fingerprint density at radius 1 is 1.08 bits per heavy atom. The van der Waals surface area contributed by atoms with E-state index < -0.39 is 41.5 Å². The van der Waals surface area contributed by atoms with E-state index in [2.05, 4.69) is 10.2 Å². The van der Waals surface area contributed by atoms with E-state index in [1.807, 2.05) is 0 Å². The number of urea groups is 1. The molecular formula is C24H21F3N6O3. The molecule has 5 rings (SSSR count). The summed E-state index contributed by atoms with van der Waals surface area (Å²) in [6, 6.07) is 6.18. The van der Waals surface area contributed by atoms with Gasteiger partial charge in [-0.3, -0.25) is 9.48 Å². The molecule has 0 bridgehead atoms. The van der Waals surface area contributed by atoms with Gasteiger partial charge in [-0.05, 0) is 35.9 Å². The fourth-order valence-electron chi connectivity index (χ4n) is 4.34. The summed E-state index contributed by atoms with van der Waals surface area (Å²) in [6.07, 6.45) is 2.68. The second-order valence-corrected chi connectivity index (χ2v) is 8.56. The van der Waals surface area contributed by atoms with Crippen molar-refractivity contribution in [3.8, 4) is 17.0 Å². The summed E-state index contributed by atoms with van der Waals surface area (Å²) in [6.45, 7) is 0.327. The minimum absolute atomic E-state index is 0.0477. The van der Waals surface area contributed by atoms with Crippen LogP contribution in [-0.4, -0.2) is 57.0 Å². The first-order valence-corrected chi connectivity index (χ1v) is 11.1. The summed E-state index contributed by atoms with van der Waals surface area (Å²) in [4.78, 5) is 26.1. The van der Waals surface area contributed by atoms with Crippen LogP contribution in [0.15, 0.2) is 47.7 Å². The van der Waals surface area contributed by atoms with Crippen molar-refractivity contribution in [2.24, 2.45) is 17.9 Å². The Hall–Kier alpha value is -4.35. The Morgan fingerprint density at radius 3 is 2.50 bits per heavy atom. The van der Waals surface area contributed by atoms with Crippen molar-refractivity contribution >= 4 is 18.2 Å². The molecule has 186 valence electrons. The van der Waals surface area contributed by atoms with Crippen molar-refractivity contribution in [2.45, 2.75) is 18.6 Å². The lowest BCUT2D eigenvalue weighted by atomic mass is 10.0. The predicted molar refractivity (Wildman–Crippen MR) is 123 cm³/mol. The molecule has 1 saturated heterocycles. The molecule has 9 nitrogen and oxygen atoms in total. The fourth-order valence-corrected chi connectivity index (χ4v) is 4.34. The zero-order chi connectivity index (χ0) is 25.6. The first-order chi connectivity index (χ1) is 17.2. The van der Waals surface area contributed by atoms with Gasteiger partial charge in [-0.2, -0.15) is 10.2 Å². The second kappa shape index (κ2) is 9.02. The molecule has 1 atom stereocenters. The maximum atomic E-state index is 14.5. The van der Waals surface area contributed by atoms with Crippen molar-refractivity contribution in [3.05, 3.63) is 71.2 Å². The molecule has 3 aromatic rings. The smallest absolute Gasteiger partial charge is 0.341 e. The van der Waals surface area contributed by atoms with Crippen LogP contribution in [0.3, 0.4) is 0 Å². The van der Waals surface area contributed by atoms with Crippen molar-refractivity contribution in [2.75, 3.05) is 13.1 Å². The van der Waals surface area contributed by atoms with Gasteiger partial charge in [0.2, 0.25) is 0 Å². The van der Waals surface area contributed by atoms with Crippen LogP contribution in [0.4, 0.5) is 18.0 Å². The van der Waals surface area contributed by atoms with E-state index in [1.165, 1.54) is 57.3 Å². The van der Waals surface area contributed by atoms with Gasteiger partial charge in [0.05, 0.1) is 36.6 Å². The second-order valence-electron chi connectivity index (χ2n) is 8.56. The summed E-state index contributed by atoms with van der Waals surface area (Å²) < 4.78 is 49.1. The maximum Gasteiger partial charge on any atom is 0.341 e. The predicted octanol–water partition coefficient (Wildman–Crippen LogP) is 3.22. The van der Waals surface area contributed by atoms with E-state index in [1.54, 1.807) is 7.05 Å². The van der Waals surface area contributed by atoms with Crippen molar-refractivity contribution in [3.63, 3.8) is 0 Å². The summed E-state index contributed by atoms with van der Waals surface area (Å²) in [5.41, 5.74) is 6.82. The van der Waals surface area contributed by atoms with E-state index in [0.29, 0.717) is 23.2 Å². The Balaban J connectivity index is 1.26. The van der Waals surface area contributed by atoms with Crippen LogP contribution in [-0.2, 0) is 7.05 Å². The largest absolute Gasteiger partial charge is 0.484 e. The Labute approximate surface area is 203 Å². The molecular weight excluding hydrogens is 477 g/mol. The molecule has 1 fully saturated rings. The van der Waals surface area contributed by atoms with Gasteiger partial charge >= 0.3 is 6.03 Å². The molecule has 2 aromatic carbocycles. The van der Waals surface area contributed by atoms with Crippen molar-refractivity contribution < 1.29 is 27.5 Å². The van der Waals surface area contributed by atoms with Crippen LogP contribution in [0.2, 0.25) is 0 Å². The molecule has 2 N–H and O–H groups in total. The monoisotopic (exact) mass is 498 g/mol. The van der Waals surface area contributed by atoms with E-state index in [0.717, 1.165) is 6.07 Å². The van der Waals surface area contributed by atoms with E-state index in [-0.39, 0.29) is 24.4 Å². The Kier molecular flexibility index (Phi) is 5.86. The molecule has 1 aromatic heterocycles.